The van der Waals surface area contributed by atoms with Crippen molar-refractivity contribution in [1.29, 1.82) is 0 Å². The molecule has 0 aliphatic carbocycles. The summed E-state index contributed by atoms with van der Waals surface area (Å²) < 4.78 is 32.4. The number of benzene rings is 2. The van der Waals surface area contributed by atoms with Crippen LogP contribution in [0.3, 0.4) is 0 Å². The second-order valence-electron chi connectivity index (χ2n) is 7.23. The van der Waals surface area contributed by atoms with Crippen LogP contribution in [0.5, 0.6) is 0 Å². The average Bonchev–Trinajstić information content (AvgIpc) is 2.69. The summed E-state index contributed by atoms with van der Waals surface area (Å²) in [5, 5.41) is 2.89. The topological polar surface area (TPSA) is 75.7 Å². The normalized spacial score (nSPS) is 15.6. The van der Waals surface area contributed by atoms with Crippen LogP contribution in [0.1, 0.15) is 41.3 Å². The largest absolute Gasteiger partial charge is 0.379 e. The lowest BCUT2D eigenvalue weighted by atomic mass is 10.0. The van der Waals surface area contributed by atoms with E-state index in [1.165, 1.54) is 10.4 Å². The number of anilines is 1. The molecule has 1 saturated heterocycles. The highest BCUT2D eigenvalue weighted by atomic mass is 32.2. The van der Waals surface area contributed by atoms with E-state index in [-0.39, 0.29) is 10.8 Å². The Morgan fingerprint density at radius 1 is 1.11 bits per heavy atom. The molecule has 1 heterocycles. The van der Waals surface area contributed by atoms with Crippen LogP contribution in [0.2, 0.25) is 0 Å². The third-order valence-electron chi connectivity index (χ3n) is 4.87. The molecule has 0 atom stereocenters. The Balaban J connectivity index is 1.87. The van der Waals surface area contributed by atoms with Crippen molar-refractivity contribution in [1.82, 2.24) is 4.31 Å². The molecule has 1 aliphatic heterocycles. The maximum Gasteiger partial charge on any atom is 0.255 e. The van der Waals surface area contributed by atoms with E-state index in [1.54, 1.807) is 19.1 Å². The fourth-order valence-electron chi connectivity index (χ4n) is 3.12. The van der Waals surface area contributed by atoms with E-state index in [4.69, 9.17) is 4.74 Å². The summed E-state index contributed by atoms with van der Waals surface area (Å²) in [6, 6.07) is 12.4. The Hall–Kier alpha value is -2.22. The Kier molecular flexibility index (Phi) is 6.17. The number of morpholine rings is 1. The Morgan fingerprint density at radius 3 is 2.50 bits per heavy atom. The first-order chi connectivity index (χ1) is 13.3. The molecule has 1 amide bonds. The molecule has 2 aromatic rings. The molecular weight excluding hydrogens is 376 g/mol. The summed E-state index contributed by atoms with van der Waals surface area (Å²) in [6.45, 7) is 7.37. The van der Waals surface area contributed by atoms with Crippen molar-refractivity contribution < 1.29 is 17.9 Å². The number of sulfonamides is 1. The summed E-state index contributed by atoms with van der Waals surface area (Å²) in [4.78, 5) is 13.0. The van der Waals surface area contributed by atoms with Crippen LogP contribution in [0.25, 0.3) is 0 Å². The molecular formula is C21H26N2O4S. The van der Waals surface area contributed by atoms with E-state index < -0.39 is 10.0 Å². The molecule has 28 heavy (non-hydrogen) atoms. The van der Waals surface area contributed by atoms with Gasteiger partial charge in [0.15, 0.2) is 0 Å². The van der Waals surface area contributed by atoms with Gasteiger partial charge in [-0.2, -0.15) is 4.31 Å². The van der Waals surface area contributed by atoms with Crippen molar-refractivity contribution >= 4 is 21.6 Å². The maximum absolute atomic E-state index is 12.9. The maximum atomic E-state index is 12.9. The average molecular weight is 403 g/mol. The second-order valence-corrected chi connectivity index (χ2v) is 9.17. The van der Waals surface area contributed by atoms with Gasteiger partial charge < -0.3 is 10.1 Å². The van der Waals surface area contributed by atoms with Gasteiger partial charge in [0, 0.05) is 24.3 Å². The highest BCUT2D eigenvalue weighted by molar-refractivity contribution is 7.89. The van der Waals surface area contributed by atoms with E-state index >= 15 is 0 Å². The lowest BCUT2D eigenvalue weighted by Gasteiger charge is -2.26. The zero-order valence-electron chi connectivity index (χ0n) is 16.4. The predicted molar refractivity (Wildman–Crippen MR) is 109 cm³/mol. The molecule has 0 bridgehead atoms. The van der Waals surface area contributed by atoms with Crippen molar-refractivity contribution in [3.8, 4) is 0 Å². The van der Waals surface area contributed by atoms with Gasteiger partial charge in [0.2, 0.25) is 10.0 Å². The smallest absolute Gasteiger partial charge is 0.255 e. The zero-order valence-corrected chi connectivity index (χ0v) is 17.3. The molecule has 0 saturated carbocycles. The summed E-state index contributed by atoms with van der Waals surface area (Å²) in [6.07, 6.45) is 0. The van der Waals surface area contributed by atoms with Gasteiger partial charge in [0.25, 0.3) is 5.91 Å². The van der Waals surface area contributed by atoms with Crippen LogP contribution in [-0.4, -0.2) is 44.9 Å². The number of ether oxygens (including phenoxy) is 1. The number of hydrogen-bond donors (Lipinski definition) is 1. The first kappa shape index (κ1) is 20.5. The van der Waals surface area contributed by atoms with Gasteiger partial charge in [-0.3, -0.25) is 4.79 Å². The van der Waals surface area contributed by atoms with Gasteiger partial charge in [-0.25, -0.2) is 8.42 Å². The summed E-state index contributed by atoms with van der Waals surface area (Å²) in [5.41, 5.74) is 2.89. The van der Waals surface area contributed by atoms with Crippen LogP contribution in [-0.2, 0) is 14.8 Å². The number of carbonyl (C=O) groups excluding carboxylic acids is 1. The number of amides is 1. The first-order valence-corrected chi connectivity index (χ1v) is 10.8. The fourth-order valence-corrected chi connectivity index (χ4v) is 4.55. The van der Waals surface area contributed by atoms with Gasteiger partial charge in [0.05, 0.1) is 18.1 Å². The van der Waals surface area contributed by atoms with E-state index in [0.29, 0.717) is 43.5 Å². The lowest BCUT2D eigenvalue weighted by Crippen LogP contribution is -2.40. The molecule has 2 aromatic carbocycles. The van der Waals surface area contributed by atoms with Crippen LogP contribution >= 0.6 is 0 Å². The lowest BCUT2D eigenvalue weighted by molar-refractivity contribution is 0.0730. The van der Waals surface area contributed by atoms with Crippen molar-refractivity contribution in [2.75, 3.05) is 31.6 Å². The van der Waals surface area contributed by atoms with E-state index in [0.717, 1.165) is 11.1 Å². The van der Waals surface area contributed by atoms with Gasteiger partial charge in [-0.15, -0.1) is 0 Å². The Labute approximate surface area is 166 Å². The van der Waals surface area contributed by atoms with E-state index in [1.807, 2.05) is 24.3 Å². The van der Waals surface area contributed by atoms with Crippen LogP contribution in [0.4, 0.5) is 5.69 Å². The van der Waals surface area contributed by atoms with Crippen molar-refractivity contribution in [2.24, 2.45) is 0 Å². The number of aryl methyl sites for hydroxylation is 1. The van der Waals surface area contributed by atoms with Crippen LogP contribution in [0.15, 0.2) is 47.4 Å². The summed E-state index contributed by atoms with van der Waals surface area (Å²) in [7, 11) is -3.65. The molecule has 0 radical (unpaired) electrons. The standard InChI is InChI=1S/C21H26N2O4S/c1-15(2)17-5-4-6-18(13-17)22-21(24)20-14-19(8-7-16(20)3)28(25,26)23-9-11-27-12-10-23/h4-8,13-15H,9-12H2,1-3H3,(H,22,24). The second kappa shape index (κ2) is 8.43. The predicted octanol–water partition coefficient (Wildman–Crippen LogP) is 3.39. The quantitative estimate of drug-likeness (QED) is 0.832. The third-order valence-corrected chi connectivity index (χ3v) is 6.77. The van der Waals surface area contributed by atoms with Crippen LogP contribution in [0, 0.1) is 6.92 Å². The Bertz CT molecular complexity index is 964. The molecule has 3 rings (SSSR count). The van der Waals surface area contributed by atoms with Gasteiger partial charge >= 0.3 is 0 Å². The highest BCUT2D eigenvalue weighted by Crippen LogP contribution is 2.23. The molecule has 150 valence electrons. The van der Waals surface area contributed by atoms with Crippen LogP contribution < -0.4 is 5.32 Å². The monoisotopic (exact) mass is 402 g/mol. The highest BCUT2D eigenvalue weighted by Gasteiger charge is 2.27. The number of nitrogens with one attached hydrogen (secondary N) is 1. The fraction of sp³-hybridized carbons (Fsp3) is 0.381. The van der Waals surface area contributed by atoms with Crippen molar-refractivity contribution in [3.63, 3.8) is 0 Å². The third kappa shape index (κ3) is 4.43. The first-order valence-electron chi connectivity index (χ1n) is 9.39. The summed E-state index contributed by atoms with van der Waals surface area (Å²) in [5.74, 6) is 0.0259. The molecule has 7 heteroatoms. The number of rotatable bonds is 5. The SMILES string of the molecule is Cc1ccc(S(=O)(=O)N2CCOCC2)cc1C(=O)Nc1cccc(C(C)C)c1. The summed E-state index contributed by atoms with van der Waals surface area (Å²) >= 11 is 0. The minimum absolute atomic E-state index is 0.126. The molecule has 1 N–H and O–H groups in total. The van der Waals surface area contributed by atoms with Crippen molar-refractivity contribution in [2.45, 2.75) is 31.6 Å². The number of nitrogens with zero attached hydrogens (tertiary/aromatic N) is 1. The molecule has 0 aromatic heterocycles. The molecule has 0 unspecified atom stereocenters. The van der Waals surface area contributed by atoms with Gasteiger partial charge in [0.1, 0.15) is 0 Å². The van der Waals surface area contributed by atoms with E-state index in [9.17, 15) is 13.2 Å². The van der Waals surface area contributed by atoms with E-state index in [2.05, 4.69) is 19.2 Å². The van der Waals surface area contributed by atoms with Gasteiger partial charge in [-0.1, -0.05) is 32.0 Å². The number of hydrogen-bond acceptors (Lipinski definition) is 4. The zero-order chi connectivity index (χ0) is 20.3. The van der Waals surface area contributed by atoms with Gasteiger partial charge in [-0.05, 0) is 48.2 Å². The molecule has 6 nitrogen and oxygen atoms in total. The Morgan fingerprint density at radius 2 is 1.82 bits per heavy atom. The molecule has 1 fully saturated rings. The molecule has 0 spiro atoms. The minimum atomic E-state index is -3.65. The minimum Gasteiger partial charge on any atom is -0.379 e. The van der Waals surface area contributed by atoms with Crippen molar-refractivity contribution in [3.05, 3.63) is 59.2 Å². The number of carbonyl (C=O) groups is 1. The molecule has 1 aliphatic rings.